The van der Waals surface area contributed by atoms with Crippen LogP contribution in [0.15, 0.2) is 24.4 Å². The van der Waals surface area contributed by atoms with Crippen molar-refractivity contribution in [2.45, 2.75) is 25.8 Å². The lowest BCUT2D eigenvalue weighted by molar-refractivity contribution is -0.0215. The van der Waals surface area contributed by atoms with Crippen LogP contribution < -0.4 is 0 Å². The van der Waals surface area contributed by atoms with Crippen molar-refractivity contribution in [3.05, 3.63) is 30.1 Å². The molecule has 16 heavy (non-hydrogen) atoms. The van der Waals surface area contributed by atoms with Crippen molar-refractivity contribution in [3.63, 3.8) is 0 Å². The van der Waals surface area contributed by atoms with Crippen LogP contribution in [0.3, 0.4) is 0 Å². The molecule has 1 aliphatic rings. The highest BCUT2D eigenvalue weighted by Gasteiger charge is 2.33. The summed E-state index contributed by atoms with van der Waals surface area (Å²) in [6.07, 6.45) is 2.95. The fourth-order valence-corrected chi connectivity index (χ4v) is 2.30. The first-order chi connectivity index (χ1) is 7.77. The average Bonchev–Trinajstić information content (AvgIpc) is 2.40. The molecule has 2 heterocycles. The van der Waals surface area contributed by atoms with E-state index in [9.17, 15) is 0 Å². The van der Waals surface area contributed by atoms with Crippen molar-refractivity contribution in [2.24, 2.45) is 0 Å². The van der Waals surface area contributed by atoms with E-state index in [0.717, 1.165) is 32.7 Å². The molecule has 1 aliphatic heterocycles. The summed E-state index contributed by atoms with van der Waals surface area (Å²) in [5.74, 6) is 0. The van der Waals surface area contributed by atoms with Crippen molar-refractivity contribution < 1.29 is 4.74 Å². The van der Waals surface area contributed by atoms with Crippen LogP contribution in [0.25, 0.3) is 0 Å². The second-order valence-corrected chi connectivity index (χ2v) is 4.44. The topological polar surface area (TPSA) is 25.4 Å². The zero-order valence-electron chi connectivity index (χ0n) is 10.1. The summed E-state index contributed by atoms with van der Waals surface area (Å²) in [6, 6.07) is 6.16. The number of rotatable bonds is 3. The molecule has 0 amide bonds. The molecule has 2 rings (SSSR count). The Hall–Kier alpha value is -0.930. The molecule has 0 aromatic carbocycles. The molecule has 3 nitrogen and oxygen atoms in total. The molecule has 1 aromatic heterocycles. The Bertz CT molecular complexity index is 322. The molecule has 0 saturated carbocycles. The second-order valence-electron chi connectivity index (χ2n) is 4.44. The number of morpholine rings is 1. The molecule has 0 aliphatic carbocycles. The Labute approximate surface area is 97.4 Å². The van der Waals surface area contributed by atoms with E-state index in [1.165, 1.54) is 5.69 Å². The normalized spacial score (nSPS) is 21.6. The minimum Gasteiger partial charge on any atom is -0.379 e. The number of hydrogen-bond acceptors (Lipinski definition) is 3. The van der Waals surface area contributed by atoms with Gasteiger partial charge in [-0.25, -0.2) is 0 Å². The maximum atomic E-state index is 5.41. The quantitative estimate of drug-likeness (QED) is 0.779. The van der Waals surface area contributed by atoms with Gasteiger partial charge in [0, 0.05) is 19.3 Å². The number of hydrogen-bond donors (Lipinski definition) is 0. The van der Waals surface area contributed by atoms with Gasteiger partial charge in [-0.1, -0.05) is 13.0 Å². The second kappa shape index (κ2) is 4.93. The molecule has 3 heteroatoms. The minimum absolute atomic E-state index is 0.0467. The van der Waals surface area contributed by atoms with Crippen molar-refractivity contribution in [1.82, 2.24) is 9.88 Å². The number of nitrogens with zero attached hydrogens (tertiary/aromatic N) is 2. The van der Waals surface area contributed by atoms with Crippen molar-refractivity contribution in [1.29, 1.82) is 0 Å². The first-order valence-electron chi connectivity index (χ1n) is 6.01. The van der Waals surface area contributed by atoms with Crippen LogP contribution in [0, 0.1) is 0 Å². The van der Waals surface area contributed by atoms with Gasteiger partial charge in [0.05, 0.1) is 24.4 Å². The average molecular weight is 220 g/mol. The van der Waals surface area contributed by atoms with Gasteiger partial charge in [-0.2, -0.15) is 0 Å². The number of ether oxygens (including phenoxy) is 1. The molecule has 1 unspecified atom stereocenters. The van der Waals surface area contributed by atoms with Gasteiger partial charge in [-0.15, -0.1) is 0 Å². The monoisotopic (exact) mass is 220 g/mol. The van der Waals surface area contributed by atoms with Crippen LogP contribution in [0.4, 0.5) is 0 Å². The molecule has 88 valence electrons. The van der Waals surface area contributed by atoms with E-state index >= 15 is 0 Å². The highest BCUT2D eigenvalue weighted by Crippen LogP contribution is 2.30. The molecule has 0 radical (unpaired) electrons. The van der Waals surface area contributed by atoms with Gasteiger partial charge in [-0.3, -0.25) is 9.88 Å². The minimum atomic E-state index is 0.0467. The van der Waals surface area contributed by atoms with Gasteiger partial charge in [0.1, 0.15) is 0 Å². The summed E-state index contributed by atoms with van der Waals surface area (Å²) >= 11 is 0. The maximum absolute atomic E-state index is 5.41. The first-order valence-corrected chi connectivity index (χ1v) is 6.01. The number of pyridine rings is 1. The smallest absolute Gasteiger partial charge is 0.0604 e. The SMILES string of the molecule is CCC(C)(c1ccccn1)N1CCOCC1. The van der Waals surface area contributed by atoms with E-state index in [0.29, 0.717) is 0 Å². The Morgan fingerprint density at radius 2 is 2.12 bits per heavy atom. The molecular weight excluding hydrogens is 200 g/mol. The fourth-order valence-electron chi connectivity index (χ4n) is 2.30. The van der Waals surface area contributed by atoms with E-state index in [-0.39, 0.29) is 5.54 Å². The summed E-state index contributed by atoms with van der Waals surface area (Å²) in [7, 11) is 0. The maximum Gasteiger partial charge on any atom is 0.0604 e. The van der Waals surface area contributed by atoms with Gasteiger partial charge < -0.3 is 4.74 Å². The van der Waals surface area contributed by atoms with Crippen LogP contribution in [0.5, 0.6) is 0 Å². The zero-order valence-corrected chi connectivity index (χ0v) is 10.1. The Balaban J connectivity index is 2.24. The van der Waals surface area contributed by atoms with Gasteiger partial charge in [0.25, 0.3) is 0 Å². The summed E-state index contributed by atoms with van der Waals surface area (Å²) in [5, 5.41) is 0. The lowest BCUT2D eigenvalue weighted by Crippen LogP contribution is -2.49. The summed E-state index contributed by atoms with van der Waals surface area (Å²) in [5.41, 5.74) is 1.21. The zero-order chi connectivity index (χ0) is 11.4. The van der Waals surface area contributed by atoms with E-state index in [2.05, 4.69) is 35.9 Å². The van der Waals surface area contributed by atoms with Gasteiger partial charge >= 0.3 is 0 Å². The molecule has 0 N–H and O–H groups in total. The third-order valence-corrected chi connectivity index (χ3v) is 3.61. The lowest BCUT2D eigenvalue weighted by atomic mass is 9.91. The lowest BCUT2D eigenvalue weighted by Gasteiger charge is -2.42. The van der Waals surface area contributed by atoms with Gasteiger partial charge in [0.2, 0.25) is 0 Å². The molecule has 0 spiro atoms. The summed E-state index contributed by atoms with van der Waals surface area (Å²) in [4.78, 5) is 7.00. The standard InChI is InChI=1S/C13H20N2O/c1-3-13(2,12-6-4-5-7-14-12)15-8-10-16-11-9-15/h4-7H,3,8-11H2,1-2H3. The number of aromatic nitrogens is 1. The Kier molecular flexibility index (Phi) is 3.56. The molecular formula is C13H20N2O. The fraction of sp³-hybridized carbons (Fsp3) is 0.615. The van der Waals surface area contributed by atoms with Crippen LogP contribution in [-0.2, 0) is 10.3 Å². The Morgan fingerprint density at radius 3 is 2.69 bits per heavy atom. The highest BCUT2D eigenvalue weighted by atomic mass is 16.5. The largest absolute Gasteiger partial charge is 0.379 e. The van der Waals surface area contributed by atoms with E-state index in [1.807, 2.05) is 12.3 Å². The summed E-state index contributed by atoms with van der Waals surface area (Å²) in [6.45, 7) is 8.18. The van der Waals surface area contributed by atoms with Crippen LogP contribution in [-0.4, -0.2) is 36.2 Å². The van der Waals surface area contributed by atoms with E-state index in [1.54, 1.807) is 0 Å². The molecule has 1 aromatic rings. The first kappa shape index (κ1) is 11.6. The van der Waals surface area contributed by atoms with Gasteiger partial charge in [-0.05, 0) is 25.5 Å². The van der Waals surface area contributed by atoms with Crippen LogP contribution in [0.1, 0.15) is 26.0 Å². The van der Waals surface area contributed by atoms with E-state index < -0.39 is 0 Å². The molecule has 0 bridgehead atoms. The molecule has 1 fully saturated rings. The van der Waals surface area contributed by atoms with E-state index in [4.69, 9.17) is 4.74 Å². The highest BCUT2D eigenvalue weighted by molar-refractivity contribution is 5.15. The third-order valence-electron chi connectivity index (χ3n) is 3.61. The molecule has 1 atom stereocenters. The van der Waals surface area contributed by atoms with Crippen molar-refractivity contribution in [2.75, 3.05) is 26.3 Å². The predicted octanol–water partition coefficient (Wildman–Crippen LogP) is 2.04. The van der Waals surface area contributed by atoms with Crippen molar-refractivity contribution >= 4 is 0 Å². The Morgan fingerprint density at radius 1 is 1.38 bits per heavy atom. The van der Waals surface area contributed by atoms with Crippen molar-refractivity contribution in [3.8, 4) is 0 Å². The third kappa shape index (κ3) is 2.11. The van der Waals surface area contributed by atoms with Crippen LogP contribution in [0.2, 0.25) is 0 Å². The van der Waals surface area contributed by atoms with Gasteiger partial charge in [0.15, 0.2) is 0 Å². The summed E-state index contributed by atoms with van der Waals surface area (Å²) < 4.78 is 5.41. The predicted molar refractivity (Wildman–Crippen MR) is 64.3 cm³/mol. The molecule has 1 saturated heterocycles. The van der Waals surface area contributed by atoms with Crippen LogP contribution >= 0.6 is 0 Å².